The van der Waals surface area contributed by atoms with E-state index in [9.17, 15) is 5.11 Å². The van der Waals surface area contributed by atoms with Gasteiger partial charge in [0.05, 0.1) is 8.07 Å². The van der Waals surface area contributed by atoms with E-state index in [2.05, 4.69) is 103 Å². The number of fused-ring (bicyclic) bond motifs is 3. The Bertz CT molecular complexity index is 1300. The van der Waals surface area contributed by atoms with Crippen LogP contribution in [0, 0.1) is 11.3 Å². The Morgan fingerprint density at radius 1 is 1.22 bits per heavy atom. The van der Waals surface area contributed by atoms with E-state index in [1.165, 1.54) is 48.9 Å². The fraction of sp³-hybridized carbons (Fsp3) is 0.500. The number of rotatable bonds is 13. The number of hydrogen-bond donors (Lipinski definition) is 2. The van der Waals surface area contributed by atoms with E-state index >= 15 is 0 Å². The lowest BCUT2D eigenvalue weighted by atomic mass is 9.71. The Hall–Kier alpha value is -2.92. The van der Waals surface area contributed by atoms with Crippen LogP contribution in [0.2, 0.25) is 19.6 Å². The summed E-state index contributed by atoms with van der Waals surface area (Å²) in [4.78, 5) is 4.54. The van der Waals surface area contributed by atoms with Gasteiger partial charge < -0.3 is 10.4 Å². The molecule has 1 aliphatic carbocycles. The average molecular weight is 571 g/mol. The number of allylic oxidation sites excluding steroid dienone is 2. The smallest absolute Gasteiger partial charge is 0.213 e. The molecule has 2 aliphatic rings. The van der Waals surface area contributed by atoms with Gasteiger partial charge in [-0.15, -0.1) is 0 Å². The summed E-state index contributed by atoms with van der Waals surface area (Å²) in [5, 5.41) is 14.8. The second-order valence-electron chi connectivity index (χ2n) is 13.4. The molecule has 1 fully saturated rings. The van der Waals surface area contributed by atoms with E-state index < -0.39 is 8.07 Å². The van der Waals surface area contributed by atoms with Crippen LogP contribution in [0.15, 0.2) is 78.8 Å². The molecule has 0 spiro atoms. The summed E-state index contributed by atoms with van der Waals surface area (Å²) in [6, 6.07) is 11.6. The second kappa shape index (κ2) is 13.4. The van der Waals surface area contributed by atoms with Gasteiger partial charge in [-0.05, 0) is 61.4 Å². The van der Waals surface area contributed by atoms with Crippen molar-refractivity contribution in [3.8, 4) is 11.3 Å². The van der Waals surface area contributed by atoms with E-state index in [4.69, 9.17) is 0 Å². The number of aliphatic hydroxyl groups excluding tert-OH is 1. The summed E-state index contributed by atoms with van der Waals surface area (Å²) in [5.74, 6) is 1.15. The van der Waals surface area contributed by atoms with Crippen molar-refractivity contribution >= 4 is 19.0 Å². The highest BCUT2D eigenvalue weighted by Crippen LogP contribution is 2.42. The van der Waals surface area contributed by atoms with E-state index in [1.54, 1.807) is 10.8 Å². The maximum Gasteiger partial charge on any atom is 0.213 e. The van der Waals surface area contributed by atoms with Crippen molar-refractivity contribution in [2.75, 3.05) is 13.6 Å². The van der Waals surface area contributed by atoms with Gasteiger partial charge in [-0.25, -0.2) is 0 Å². The molecule has 1 aliphatic heterocycles. The van der Waals surface area contributed by atoms with Crippen molar-refractivity contribution in [2.45, 2.75) is 90.4 Å². The normalized spacial score (nSPS) is 19.0. The monoisotopic (exact) mass is 570 g/mol. The quantitative estimate of drug-likeness (QED) is 0.0855. The topological polar surface area (TPSA) is 48.5 Å². The first kappa shape index (κ1) is 31.0. The predicted molar refractivity (Wildman–Crippen MR) is 178 cm³/mol. The van der Waals surface area contributed by atoms with Gasteiger partial charge in [0.1, 0.15) is 0 Å². The lowest BCUT2D eigenvalue weighted by Crippen LogP contribution is -2.51. The summed E-state index contributed by atoms with van der Waals surface area (Å²) >= 11 is 0. The zero-order chi connectivity index (χ0) is 29.6. The molecule has 5 heteroatoms. The maximum absolute atomic E-state index is 10.0. The molecule has 0 bridgehead atoms. The summed E-state index contributed by atoms with van der Waals surface area (Å²) in [5.41, 5.74) is 6.46. The van der Waals surface area contributed by atoms with Gasteiger partial charge in [0.25, 0.3) is 0 Å². The summed E-state index contributed by atoms with van der Waals surface area (Å²) in [7, 11) is 0.290. The van der Waals surface area contributed by atoms with Crippen molar-refractivity contribution in [1.82, 2.24) is 5.32 Å². The molecule has 1 aromatic heterocycles. The lowest BCUT2D eigenvalue weighted by molar-refractivity contribution is -0.690. The first-order chi connectivity index (χ1) is 19.6. The molecule has 0 amide bonds. The van der Waals surface area contributed by atoms with Gasteiger partial charge in [0.15, 0.2) is 18.6 Å². The number of nitrogens with zero attached hydrogens (tertiary/aromatic N) is 2. The first-order valence-corrected chi connectivity index (χ1v) is 19.1. The molecule has 2 heterocycles. The Kier molecular flexibility index (Phi) is 10.1. The third-order valence-corrected chi connectivity index (χ3v) is 11.3. The number of nitrogens with one attached hydrogen (secondary N) is 1. The van der Waals surface area contributed by atoms with Crippen molar-refractivity contribution < 1.29 is 9.67 Å². The minimum absolute atomic E-state index is 0.00574. The fourth-order valence-electron chi connectivity index (χ4n) is 7.12. The maximum atomic E-state index is 10.0. The van der Waals surface area contributed by atoms with Gasteiger partial charge in [-0.1, -0.05) is 89.2 Å². The number of aliphatic hydroxyl groups is 1. The van der Waals surface area contributed by atoms with Crippen molar-refractivity contribution in [1.29, 1.82) is 0 Å². The molecule has 2 N–H and O–H groups in total. The van der Waals surface area contributed by atoms with Crippen LogP contribution in [-0.2, 0) is 13.0 Å². The molecule has 2 aromatic rings. The SMILES string of the molecule is C=CC(CC(/C=C\CC)(CNC(=C)O)CC1C[n+]2cc([Si](C)(C)C)c(CC3CCCC3)cc2-c2ccccc21)=NC. The highest BCUT2D eigenvalue weighted by atomic mass is 28.3. The highest BCUT2D eigenvalue weighted by molar-refractivity contribution is 6.89. The van der Waals surface area contributed by atoms with Gasteiger partial charge in [0.2, 0.25) is 5.69 Å². The Morgan fingerprint density at radius 3 is 2.59 bits per heavy atom. The van der Waals surface area contributed by atoms with Crippen LogP contribution < -0.4 is 15.1 Å². The number of aromatic nitrogens is 1. The number of benzene rings is 1. The van der Waals surface area contributed by atoms with Gasteiger partial charge in [-0.3, -0.25) is 4.99 Å². The number of pyridine rings is 1. The van der Waals surface area contributed by atoms with Crippen molar-refractivity contribution in [3.63, 3.8) is 0 Å². The highest BCUT2D eigenvalue weighted by Gasteiger charge is 2.39. The summed E-state index contributed by atoms with van der Waals surface area (Å²) in [6.07, 6.45) is 18.4. The molecular weight excluding hydrogens is 519 g/mol. The number of aliphatic imine (C=N–C) groups is 1. The molecule has 220 valence electrons. The molecular formula is C36H52N3OSi+. The Morgan fingerprint density at radius 2 is 1.95 bits per heavy atom. The van der Waals surface area contributed by atoms with Crippen LogP contribution >= 0.6 is 0 Å². The second-order valence-corrected chi connectivity index (χ2v) is 18.5. The van der Waals surface area contributed by atoms with Crippen LogP contribution in [0.3, 0.4) is 0 Å². The van der Waals surface area contributed by atoms with Crippen LogP contribution in [0.4, 0.5) is 0 Å². The fourth-order valence-corrected chi connectivity index (χ4v) is 8.80. The van der Waals surface area contributed by atoms with E-state index in [-0.39, 0.29) is 11.3 Å². The van der Waals surface area contributed by atoms with Gasteiger partial charge in [-0.2, -0.15) is 4.57 Å². The minimum atomic E-state index is -1.55. The van der Waals surface area contributed by atoms with Crippen molar-refractivity contribution in [2.24, 2.45) is 16.3 Å². The van der Waals surface area contributed by atoms with Gasteiger partial charge >= 0.3 is 0 Å². The third kappa shape index (κ3) is 7.48. The molecule has 0 saturated heterocycles. The van der Waals surface area contributed by atoms with Crippen LogP contribution in [0.25, 0.3) is 11.3 Å². The average Bonchev–Trinajstić information content (AvgIpc) is 3.46. The number of hydrogen-bond acceptors (Lipinski definition) is 3. The van der Waals surface area contributed by atoms with E-state index in [1.807, 2.05) is 13.1 Å². The van der Waals surface area contributed by atoms with Crippen molar-refractivity contribution in [3.05, 3.63) is 84.9 Å². The van der Waals surface area contributed by atoms with Crippen LogP contribution in [0.1, 0.15) is 68.9 Å². The van der Waals surface area contributed by atoms with E-state index in [0.29, 0.717) is 12.5 Å². The molecule has 1 aromatic carbocycles. The standard InChI is InChI=1S/C36H51N3OSi/c1-8-10-19-36(26-38-27(3)40,23-31(9-2)37-4)22-30-24-39-25-35(41(5,6)7)29(20-28-15-11-12-16-28)21-34(39)33-18-14-13-17-32(30)33/h9-10,13-14,17-19,21,25,28,30,38H,2-3,8,11-12,15-16,20,22-24,26H2,1,4-7H3/p+1/b19-10-,37-31?. The largest absolute Gasteiger partial charge is 0.495 e. The summed E-state index contributed by atoms with van der Waals surface area (Å²) < 4.78 is 2.56. The zero-order valence-electron chi connectivity index (χ0n) is 26.2. The molecule has 2 unspecified atom stereocenters. The molecule has 41 heavy (non-hydrogen) atoms. The minimum Gasteiger partial charge on any atom is -0.495 e. The van der Waals surface area contributed by atoms with Crippen LogP contribution in [-0.4, -0.2) is 32.5 Å². The first-order valence-electron chi connectivity index (χ1n) is 15.6. The molecule has 2 atom stereocenters. The third-order valence-electron chi connectivity index (χ3n) is 9.20. The molecule has 0 radical (unpaired) electrons. The molecule has 4 nitrogen and oxygen atoms in total. The molecule has 4 rings (SSSR count). The molecule has 1 saturated carbocycles. The lowest BCUT2D eigenvalue weighted by Gasteiger charge is -2.36. The van der Waals surface area contributed by atoms with Crippen LogP contribution in [0.5, 0.6) is 0 Å². The van der Waals surface area contributed by atoms with Gasteiger partial charge in [0, 0.05) is 47.5 Å². The van der Waals surface area contributed by atoms with E-state index in [0.717, 1.165) is 37.4 Å². The Labute approximate surface area is 250 Å². The predicted octanol–water partition coefficient (Wildman–Crippen LogP) is 7.62. The Balaban J connectivity index is 1.80. The summed E-state index contributed by atoms with van der Waals surface area (Å²) in [6.45, 7) is 19.0. The zero-order valence-corrected chi connectivity index (χ0v) is 27.2.